The number of carbonyl (C=O) groups excluding carboxylic acids is 2. The van der Waals surface area contributed by atoms with Crippen LogP contribution in [0.2, 0.25) is 0 Å². The molecule has 84 valence electrons. The molecule has 1 aliphatic carbocycles. The predicted octanol–water partition coefficient (Wildman–Crippen LogP) is 1.39. The van der Waals surface area contributed by atoms with E-state index in [1.165, 1.54) is 0 Å². The first-order valence-electron chi connectivity index (χ1n) is 4.54. The SMILES string of the molecule is O=C1NC(=O)C2CC(Cl)C(Br)C(I)C2N1. The number of hydrogen-bond acceptors (Lipinski definition) is 2. The first-order chi connectivity index (χ1) is 7.00. The number of amides is 3. The minimum Gasteiger partial charge on any atom is -0.333 e. The summed E-state index contributed by atoms with van der Waals surface area (Å²) in [5.41, 5.74) is 0. The van der Waals surface area contributed by atoms with Gasteiger partial charge in [-0.15, -0.1) is 11.6 Å². The smallest absolute Gasteiger partial charge is 0.321 e. The van der Waals surface area contributed by atoms with Gasteiger partial charge in [0, 0.05) is 14.1 Å². The third kappa shape index (κ3) is 2.12. The fourth-order valence-electron chi connectivity index (χ4n) is 1.98. The molecule has 1 saturated heterocycles. The van der Waals surface area contributed by atoms with E-state index in [4.69, 9.17) is 11.6 Å². The maximum Gasteiger partial charge on any atom is 0.321 e. The number of alkyl halides is 3. The molecule has 15 heavy (non-hydrogen) atoms. The van der Waals surface area contributed by atoms with Gasteiger partial charge in [0.2, 0.25) is 5.91 Å². The van der Waals surface area contributed by atoms with Crippen molar-refractivity contribution >= 4 is 62.1 Å². The van der Waals surface area contributed by atoms with Gasteiger partial charge in [-0.05, 0) is 6.42 Å². The van der Waals surface area contributed by atoms with Crippen LogP contribution in [0.1, 0.15) is 6.42 Å². The molecule has 1 aliphatic heterocycles. The Hall–Kier alpha value is 0.440. The molecule has 3 amide bonds. The number of carbonyl (C=O) groups is 2. The molecule has 0 aromatic heterocycles. The van der Waals surface area contributed by atoms with Crippen LogP contribution in [0, 0.1) is 5.92 Å². The van der Waals surface area contributed by atoms with E-state index in [0.29, 0.717) is 6.42 Å². The maximum absolute atomic E-state index is 11.6. The van der Waals surface area contributed by atoms with Gasteiger partial charge in [0.15, 0.2) is 0 Å². The number of imide groups is 1. The van der Waals surface area contributed by atoms with Gasteiger partial charge in [0.1, 0.15) is 0 Å². The van der Waals surface area contributed by atoms with Crippen molar-refractivity contribution in [2.45, 2.75) is 26.6 Å². The molecule has 0 aromatic carbocycles. The molecule has 1 saturated carbocycles. The summed E-state index contributed by atoms with van der Waals surface area (Å²) in [6.07, 6.45) is 0.591. The molecule has 0 aromatic rings. The summed E-state index contributed by atoms with van der Waals surface area (Å²) in [6, 6.07) is -0.526. The van der Waals surface area contributed by atoms with Crippen LogP contribution in [0.3, 0.4) is 0 Å². The van der Waals surface area contributed by atoms with E-state index in [1.807, 2.05) is 0 Å². The lowest BCUT2D eigenvalue weighted by atomic mass is 9.82. The summed E-state index contributed by atoms with van der Waals surface area (Å²) < 4.78 is 0.124. The van der Waals surface area contributed by atoms with Gasteiger partial charge < -0.3 is 5.32 Å². The highest BCUT2D eigenvalue weighted by Gasteiger charge is 2.48. The van der Waals surface area contributed by atoms with Crippen LogP contribution in [-0.4, -0.2) is 32.1 Å². The van der Waals surface area contributed by atoms with Crippen LogP contribution in [0.4, 0.5) is 4.79 Å². The lowest BCUT2D eigenvalue weighted by Crippen LogP contribution is -2.65. The van der Waals surface area contributed by atoms with Crippen LogP contribution in [0.15, 0.2) is 0 Å². The molecule has 1 heterocycles. The van der Waals surface area contributed by atoms with Crippen LogP contribution >= 0.6 is 50.1 Å². The lowest BCUT2D eigenvalue weighted by molar-refractivity contribution is -0.126. The topological polar surface area (TPSA) is 58.2 Å². The van der Waals surface area contributed by atoms with Gasteiger partial charge in [-0.1, -0.05) is 38.5 Å². The molecule has 4 nitrogen and oxygen atoms in total. The van der Waals surface area contributed by atoms with Gasteiger partial charge in [-0.25, -0.2) is 4.79 Å². The second-order valence-electron chi connectivity index (χ2n) is 3.74. The van der Waals surface area contributed by atoms with Crippen molar-refractivity contribution in [2.24, 2.45) is 5.92 Å². The number of fused-ring (bicyclic) bond motifs is 1. The van der Waals surface area contributed by atoms with Crippen molar-refractivity contribution in [1.82, 2.24) is 10.6 Å². The summed E-state index contributed by atoms with van der Waals surface area (Å²) in [5.74, 6) is -0.420. The Kier molecular flexibility index (Phi) is 3.47. The van der Waals surface area contributed by atoms with Crippen LogP contribution in [-0.2, 0) is 4.79 Å². The normalized spacial score (nSPS) is 45.4. The molecule has 2 aliphatic rings. The van der Waals surface area contributed by atoms with E-state index in [9.17, 15) is 9.59 Å². The Morgan fingerprint density at radius 2 is 2.13 bits per heavy atom. The maximum atomic E-state index is 11.6. The first-order valence-corrected chi connectivity index (χ1v) is 7.14. The number of urea groups is 1. The molecule has 2 N–H and O–H groups in total. The zero-order chi connectivity index (χ0) is 11.2. The summed E-state index contributed by atoms with van der Waals surface area (Å²) in [7, 11) is 0. The highest BCUT2D eigenvalue weighted by molar-refractivity contribution is 14.1. The van der Waals surface area contributed by atoms with Gasteiger partial charge in [-0.3, -0.25) is 10.1 Å². The number of halogens is 3. The van der Waals surface area contributed by atoms with Crippen molar-refractivity contribution in [3.8, 4) is 0 Å². The molecule has 2 rings (SSSR count). The highest BCUT2D eigenvalue weighted by atomic mass is 127. The Labute approximate surface area is 114 Å². The zero-order valence-corrected chi connectivity index (χ0v) is 12.0. The van der Waals surface area contributed by atoms with E-state index >= 15 is 0 Å². The standard InChI is InChI=1S/C8H9BrClIN2O2/c9-4-3(10)1-2-6(5(4)11)12-8(15)13-7(2)14/h2-6H,1H2,(H2,12,13,14,15). The monoisotopic (exact) mass is 406 g/mol. The quantitative estimate of drug-likeness (QED) is 0.471. The molecular formula is C8H9BrClIN2O2. The molecule has 0 spiro atoms. The van der Waals surface area contributed by atoms with Crippen LogP contribution in [0.25, 0.3) is 0 Å². The zero-order valence-electron chi connectivity index (χ0n) is 7.54. The van der Waals surface area contributed by atoms with Crippen LogP contribution < -0.4 is 10.6 Å². The molecule has 5 atom stereocenters. The van der Waals surface area contributed by atoms with E-state index in [1.54, 1.807) is 0 Å². The largest absolute Gasteiger partial charge is 0.333 e. The van der Waals surface area contributed by atoms with Crippen molar-refractivity contribution < 1.29 is 9.59 Å². The number of hydrogen-bond donors (Lipinski definition) is 2. The van der Waals surface area contributed by atoms with E-state index in [0.717, 1.165) is 0 Å². The van der Waals surface area contributed by atoms with E-state index < -0.39 is 6.03 Å². The van der Waals surface area contributed by atoms with Crippen molar-refractivity contribution in [3.05, 3.63) is 0 Å². The van der Waals surface area contributed by atoms with Crippen LogP contribution in [0.5, 0.6) is 0 Å². The van der Waals surface area contributed by atoms with Gasteiger partial charge in [0.25, 0.3) is 0 Å². The molecule has 5 unspecified atom stereocenters. The average molecular weight is 407 g/mol. The second-order valence-corrected chi connectivity index (χ2v) is 6.79. The fraction of sp³-hybridized carbons (Fsp3) is 0.750. The molecule has 7 heteroatoms. The van der Waals surface area contributed by atoms with Gasteiger partial charge >= 0.3 is 6.03 Å². The Bertz CT molecular complexity index is 317. The summed E-state index contributed by atoms with van der Waals surface area (Å²) in [5, 5.41) is 4.98. The third-order valence-corrected chi connectivity index (χ3v) is 7.28. The molecule has 0 radical (unpaired) electrons. The lowest BCUT2D eigenvalue weighted by Gasteiger charge is -2.42. The Morgan fingerprint density at radius 3 is 2.80 bits per heavy atom. The van der Waals surface area contributed by atoms with Crippen molar-refractivity contribution in [1.29, 1.82) is 0 Å². The third-order valence-electron chi connectivity index (χ3n) is 2.78. The first kappa shape index (κ1) is 11.9. The summed E-state index contributed by atoms with van der Waals surface area (Å²) in [4.78, 5) is 22.9. The fourth-order valence-corrected chi connectivity index (χ4v) is 4.30. The highest BCUT2D eigenvalue weighted by Crippen LogP contribution is 2.38. The second kappa shape index (κ2) is 4.37. The predicted molar refractivity (Wildman–Crippen MR) is 68.7 cm³/mol. The van der Waals surface area contributed by atoms with Crippen molar-refractivity contribution in [3.63, 3.8) is 0 Å². The van der Waals surface area contributed by atoms with Gasteiger partial charge in [-0.2, -0.15) is 0 Å². The van der Waals surface area contributed by atoms with E-state index in [2.05, 4.69) is 49.2 Å². The van der Waals surface area contributed by atoms with E-state index in [-0.39, 0.29) is 32.0 Å². The summed E-state index contributed by atoms with van der Waals surface area (Å²) >= 11 is 11.9. The Morgan fingerprint density at radius 1 is 1.47 bits per heavy atom. The van der Waals surface area contributed by atoms with Gasteiger partial charge in [0.05, 0.1) is 12.0 Å². The molecular weight excluding hydrogens is 398 g/mol. The average Bonchev–Trinajstić information content (AvgIpc) is 2.17. The van der Waals surface area contributed by atoms with Crippen molar-refractivity contribution in [2.75, 3.05) is 0 Å². The number of nitrogens with one attached hydrogen (secondary N) is 2. The molecule has 2 fully saturated rings. The minimum atomic E-state index is -0.407. The molecule has 0 bridgehead atoms. The number of rotatable bonds is 0. The summed E-state index contributed by atoms with van der Waals surface area (Å²) in [6.45, 7) is 0. The minimum absolute atomic E-state index is 0.0751. The Balaban J connectivity index is 2.22.